The van der Waals surface area contributed by atoms with Crippen molar-refractivity contribution < 1.29 is 14.7 Å². The number of carbonyl (C=O) groups is 2. The molecule has 1 aromatic carbocycles. The van der Waals surface area contributed by atoms with E-state index in [4.69, 9.17) is 16.7 Å². The van der Waals surface area contributed by atoms with E-state index in [1.807, 2.05) is 6.92 Å². The van der Waals surface area contributed by atoms with Crippen molar-refractivity contribution in [1.29, 1.82) is 0 Å². The number of aromatic carboxylic acids is 1. The monoisotopic (exact) mass is 373 g/mol. The fourth-order valence-electron chi connectivity index (χ4n) is 1.54. The Morgan fingerprint density at radius 1 is 1.40 bits per heavy atom. The smallest absolute Gasteiger partial charge is 0.336 e. The van der Waals surface area contributed by atoms with Crippen molar-refractivity contribution in [3.05, 3.63) is 49.1 Å². The van der Waals surface area contributed by atoms with Crippen LogP contribution < -0.4 is 5.32 Å². The Morgan fingerprint density at radius 3 is 2.65 bits per heavy atom. The molecule has 104 valence electrons. The van der Waals surface area contributed by atoms with Crippen molar-refractivity contribution >= 4 is 56.4 Å². The largest absolute Gasteiger partial charge is 0.478 e. The van der Waals surface area contributed by atoms with Crippen LogP contribution in [-0.4, -0.2) is 17.0 Å². The number of carboxylic acids is 1. The van der Waals surface area contributed by atoms with E-state index in [2.05, 4.69) is 21.2 Å². The minimum absolute atomic E-state index is 0.0799. The van der Waals surface area contributed by atoms with Crippen LogP contribution in [0.5, 0.6) is 0 Å². The van der Waals surface area contributed by atoms with Gasteiger partial charge in [-0.15, -0.1) is 11.3 Å². The summed E-state index contributed by atoms with van der Waals surface area (Å²) in [7, 11) is 0. The first-order chi connectivity index (χ1) is 9.40. The van der Waals surface area contributed by atoms with Gasteiger partial charge in [-0.25, -0.2) is 4.79 Å². The molecule has 0 atom stereocenters. The molecule has 0 spiro atoms. The van der Waals surface area contributed by atoms with Gasteiger partial charge in [-0.1, -0.05) is 11.6 Å². The molecule has 0 fully saturated rings. The molecule has 4 nitrogen and oxygen atoms in total. The zero-order chi connectivity index (χ0) is 14.9. The molecular weight excluding hydrogens is 366 g/mol. The summed E-state index contributed by atoms with van der Waals surface area (Å²) in [6.07, 6.45) is 0. The van der Waals surface area contributed by atoms with Gasteiger partial charge in [-0.05, 0) is 52.0 Å². The molecule has 2 N–H and O–H groups in total. The van der Waals surface area contributed by atoms with E-state index in [0.717, 1.165) is 5.56 Å². The third kappa shape index (κ3) is 3.03. The van der Waals surface area contributed by atoms with Crippen molar-refractivity contribution in [2.24, 2.45) is 0 Å². The third-order valence-electron chi connectivity index (χ3n) is 2.56. The normalized spacial score (nSPS) is 10.3. The first-order valence-corrected chi connectivity index (χ1v) is 7.53. The summed E-state index contributed by atoms with van der Waals surface area (Å²) in [4.78, 5) is 23.5. The molecule has 0 bridgehead atoms. The van der Waals surface area contributed by atoms with E-state index < -0.39 is 5.97 Å². The second-order valence-corrected chi connectivity index (χ2v) is 6.13. The minimum Gasteiger partial charge on any atom is -0.478 e. The van der Waals surface area contributed by atoms with E-state index in [9.17, 15) is 9.59 Å². The van der Waals surface area contributed by atoms with Crippen LogP contribution in [0.25, 0.3) is 0 Å². The molecule has 0 unspecified atom stereocenters. The number of halogens is 2. The van der Waals surface area contributed by atoms with E-state index in [-0.39, 0.29) is 11.5 Å². The molecule has 0 aliphatic carbocycles. The molecule has 1 aromatic heterocycles. The zero-order valence-corrected chi connectivity index (χ0v) is 13.4. The maximum atomic E-state index is 12.1. The van der Waals surface area contributed by atoms with Gasteiger partial charge in [0.25, 0.3) is 5.91 Å². The average Bonchev–Trinajstić information content (AvgIpc) is 2.72. The second kappa shape index (κ2) is 5.95. The minimum atomic E-state index is -1.07. The third-order valence-corrected chi connectivity index (χ3v) is 4.95. The van der Waals surface area contributed by atoms with Crippen LogP contribution in [0, 0.1) is 6.92 Å². The highest BCUT2D eigenvalue weighted by molar-refractivity contribution is 9.10. The number of benzene rings is 1. The number of thiophene rings is 1. The van der Waals surface area contributed by atoms with Gasteiger partial charge < -0.3 is 10.4 Å². The molecule has 1 amide bonds. The molecule has 0 saturated carbocycles. The number of carboxylic acid groups (broad SMARTS) is 1. The standard InChI is InChI=1S/C13H9BrClNO3S/c1-6-5-20-11(10(6)15)12(17)16-7-2-3-9(14)8(4-7)13(18)19/h2-5H,1H3,(H,16,17)(H,18,19). The highest BCUT2D eigenvalue weighted by Gasteiger charge is 2.16. The molecule has 2 rings (SSSR count). The Labute approximate surface area is 132 Å². The maximum absolute atomic E-state index is 12.1. The lowest BCUT2D eigenvalue weighted by atomic mass is 10.2. The Hall–Kier alpha value is -1.37. The first kappa shape index (κ1) is 15.0. The lowest BCUT2D eigenvalue weighted by Crippen LogP contribution is -2.11. The summed E-state index contributed by atoms with van der Waals surface area (Å²) >= 11 is 10.4. The molecule has 0 aliphatic rings. The topological polar surface area (TPSA) is 66.4 Å². The predicted octanol–water partition coefficient (Wildman–Crippen LogP) is 4.42. The van der Waals surface area contributed by atoms with Gasteiger partial charge in [-0.3, -0.25) is 4.79 Å². The van der Waals surface area contributed by atoms with Crippen LogP contribution in [0.2, 0.25) is 5.02 Å². The number of rotatable bonds is 3. The second-order valence-electron chi connectivity index (χ2n) is 4.02. The average molecular weight is 375 g/mol. The fourth-order valence-corrected chi connectivity index (χ4v) is 3.13. The Morgan fingerprint density at radius 2 is 2.10 bits per heavy atom. The summed E-state index contributed by atoms with van der Waals surface area (Å²) in [5.41, 5.74) is 1.32. The van der Waals surface area contributed by atoms with Gasteiger partial charge >= 0.3 is 5.97 Å². The number of aryl methyl sites for hydroxylation is 1. The number of anilines is 1. The quantitative estimate of drug-likeness (QED) is 0.835. The van der Waals surface area contributed by atoms with Crippen LogP contribution in [0.15, 0.2) is 28.1 Å². The van der Waals surface area contributed by atoms with Crippen molar-refractivity contribution in [1.82, 2.24) is 0 Å². The van der Waals surface area contributed by atoms with Gasteiger partial charge in [0.05, 0.1) is 10.6 Å². The molecule has 1 heterocycles. The molecule has 20 heavy (non-hydrogen) atoms. The lowest BCUT2D eigenvalue weighted by molar-refractivity contribution is 0.0695. The number of carbonyl (C=O) groups excluding carboxylic acids is 1. The van der Waals surface area contributed by atoms with E-state index in [1.165, 1.54) is 17.4 Å². The number of hydrogen-bond donors (Lipinski definition) is 2. The Kier molecular flexibility index (Phi) is 4.47. The summed E-state index contributed by atoms with van der Waals surface area (Å²) < 4.78 is 0.452. The van der Waals surface area contributed by atoms with Crippen LogP contribution in [0.1, 0.15) is 25.6 Å². The number of hydrogen-bond acceptors (Lipinski definition) is 3. The summed E-state index contributed by atoms with van der Waals surface area (Å²) in [6.45, 7) is 1.82. The van der Waals surface area contributed by atoms with Gasteiger partial charge in [0, 0.05) is 10.2 Å². The van der Waals surface area contributed by atoms with E-state index >= 15 is 0 Å². The van der Waals surface area contributed by atoms with Gasteiger partial charge in [0.1, 0.15) is 4.88 Å². The van der Waals surface area contributed by atoms with Crippen LogP contribution in [-0.2, 0) is 0 Å². The van der Waals surface area contributed by atoms with Crippen LogP contribution >= 0.6 is 38.9 Å². The van der Waals surface area contributed by atoms with Gasteiger partial charge in [-0.2, -0.15) is 0 Å². The number of nitrogens with one attached hydrogen (secondary N) is 1. The molecule has 7 heteroatoms. The van der Waals surface area contributed by atoms with Crippen molar-refractivity contribution in [3.63, 3.8) is 0 Å². The Bertz CT molecular complexity index is 699. The summed E-state index contributed by atoms with van der Waals surface area (Å²) in [5, 5.41) is 13.9. The predicted molar refractivity (Wildman–Crippen MR) is 83.1 cm³/mol. The summed E-state index contributed by atoms with van der Waals surface area (Å²) in [5.74, 6) is -1.43. The van der Waals surface area contributed by atoms with Crippen LogP contribution in [0.3, 0.4) is 0 Å². The van der Waals surface area contributed by atoms with Crippen molar-refractivity contribution in [3.8, 4) is 0 Å². The SMILES string of the molecule is Cc1csc(C(=O)Nc2ccc(Br)c(C(=O)O)c2)c1Cl. The lowest BCUT2D eigenvalue weighted by Gasteiger charge is -2.06. The molecule has 2 aromatic rings. The van der Waals surface area contributed by atoms with Crippen molar-refractivity contribution in [2.75, 3.05) is 5.32 Å². The molecular formula is C13H9BrClNO3S. The Balaban J connectivity index is 2.26. The molecule has 0 aliphatic heterocycles. The summed E-state index contributed by atoms with van der Waals surface area (Å²) in [6, 6.07) is 4.57. The molecule has 0 radical (unpaired) electrons. The van der Waals surface area contributed by atoms with E-state index in [0.29, 0.717) is 20.1 Å². The highest BCUT2D eigenvalue weighted by atomic mass is 79.9. The van der Waals surface area contributed by atoms with E-state index in [1.54, 1.807) is 17.5 Å². The highest BCUT2D eigenvalue weighted by Crippen LogP contribution is 2.28. The van der Waals surface area contributed by atoms with Gasteiger partial charge in [0.2, 0.25) is 0 Å². The fraction of sp³-hybridized carbons (Fsp3) is 0.0769. The maximum Gasteiger partial charge on any atom is 0.336 e. The van der Waals surface area contributed by atoms with Crippen molar-refractivity contribution in [2.45, 2.75) is 6.92 Å². The van der Waals surface area contributed by atoms with Crippen LogP contribution in [0.4, 0.5) is 5.69 Å². The zero-order valence-electron chi connectivity index (χ0n) is 10.2. The molecule has 0 saturated heterocycles. The van der Waals surface area contributed by atoms with Gasteiger partial charge in [0.15, 0.2) is 0 Å². The first-order valence-electron chi connectivity index (χ1n) is 5.48. The number of amides is 1.